The molecule has 1 heterocycles. The molecule has 0 amide bonds. The van der Waals surface area contributed by atoms with Gasteiger partial charge in [0.15, 0.2) is 0 Å². The largest absolute Gasteiger partial charge is 0.465 e. The smallest absolute Gasteiger partial charge is 0.340 e. The molecule has 1 aromatic heterocycles. The topological polar surface area (TPSA) is 108 Å². The summed E-state index contributed by atoms with van der Waals surface area (Å²) < 4.78 is 22.7. The number of benzene rings is 1. The van der Waals surface area contributed by atoms with Crippen molar-refractivity contribution in [2.75, 3.05) is 12.4 Å². The van der Waals surface area contributed by atoms with Crippen LogP contribution in [0.15, 0.2) is 29.0 Å². The molecule has 0 aliphatic carbocycles. The molecule has 0 aliphatic rings. The summed E-state index contributed by atoms with van der Waals surface area (Å²) in [4.78, 5) is 21.6. The highest BCUT2D eigenvalue weighted by atomic mass is 19.1. The zero-order valence-electron chi connectivity index (χ0n) is 10.8. The van der Waals surface area contributed by atoms with Gasteiger partial charge >= 0.3 is 5.97 Å². The Hall–Kier alpha value is -2.97. The lowest BCUT2D eigenvalue weighted by Crippen LogP contribution is -2.09. The fraction of sp³-hybridized carbons (Fsp3) is 0.167. The van der Waals surface area contributed by atoms with Gasteiger partial charge in [-0.05, 0) is 6.07 Å². The first kappa shape index (κ1) is 14.4. The second-order valence-electron chi connectivity index (χ2n) is 3.94. The van der Waals surface area contributed by atoms with E-state index in [9.17, 15) is 19.3 Å². The van der Waals surface area contributed by atoms with E-state index < -0.39 is 28.0 Å². The van der Waals surface area contributed by atoms with Crippen LogP contribution in [0.4, 0.5) is 15.8 Å². The van der Waals surface area contributed by atoms with Crippen molar-refractivity contribution < 1.29 is 23.4 Å². The third kappa shape index (κ3) is 3.14. The number of carbonyl (C=O) groups excluding carboxylic acids is 1. The van der Waals surface area contributed by atoms with Crippen molar-refractivity contribution in [3.8, 4) is 0 Å². The van der Waals surface area contributed by atoms with Crippen LogP contribution in [-0.4, -0.2) is 23.2 Å². The maximum Gasteiger partial charge on any atom is 0.340 e. The molecule has 0 saturated carbocycles. The van der Waals surface area contributed by atoms with Crippen molar-refractivity contribution >= 4 is 17.3 Å². The highest BCUT2D eigenvalue weighted by molar-refractivity contribution is 5.91. The molecule has 9 heteroatoms. The van der Waals surface area contributed by atoms with E-state index in [1.807, 2.05) is 0 Å². The van der Waals surface area contributed by atoms with Gasteiger partial charge in [0.1, 0.15) is 23.5 Å². The quantitative estimate of drug-likeness (QED) is 0.511. The molecule has 0 radical (unpaired) electrons. The number of nitro groups is 1. The molecule has 21 heavy (non-hydrogen) atoms. The van der Waals surface area contributed by atoms with Gasteiger partial charge in [-0.25, -0.2) is 9.18 Å². The van der Waals surface area contributed by atoms with Crippen molar-refractivity contribution in [2.45, 2.75) is 6.54 Å². The minimum atomic E-state index is -1.03. The van der Waals surface area contributed by atoms with E-state index in [-0.39, 0.29) is 12.2 Å². The summed E-state index contributed by atoms with van der Waals surface area (Å²) in [5.74, 6) is -1.95. The van der Waals surface area contributed by atoms with Gasteiger partial charge in [0.2, 0.25) is 0 Å². The molecular weight excluding hydrogens is 285 g/mol. The van der Waals surface area contributed by atoms with Crippen molar-refractivity contribution in [1.82, 2.24) is 5.16 Å². The number of rotatable bonds is 5. The molecule has 0 bridgehead atoms. The summed E-state index contributed by atoms with van der Waals surface area (Å²) in [6.07, 6.45) is 1.34. The highest BCUT2D eigenvalue weighted by Gasteiger charge is 2.22. The van der Waals surface area contributed by atoms with Crippen LogP contribution in [0.5, 0.6) is 0 Å². The number of hydrogen-bond acceptors (Lipinski definition) is 7. The highest BCUT2D eigenvalue weighted by Crippen LogP contribution is 2.28. The predicted octanol–water partition coefficient (Wildman–Crippen LogP) is 2.12. The minimum Gasteiger partial charge on any atom is -0.465 e. The first-order chi connectivity index (χ1) is 10.0. The molecule has 8 nitrogen and oxygen atoms in total. The van der Waals surface area contributed by atoms with Crippen LogP contribution in [0.25, 0.3) is 0 Å². The van der Waals surface area contributed by atoms with Gasteiger partial charge in [-0.2, -0.15) is 0 Å². The number of hydrogen-bond donors (Lipinski definition) is 1. The van der Waals surface area contributed by atoms with Crippen molar-refractivity contribution in [2.24, 2.45) is 0 Å². The second-order valence-corrected chi connectivity index (χ2v) is 3.94. The number of esters is 1. The summed E-state index contributed by atoms with van der Waals surface area (Å²) >= 11 is 0. The van der Waals surface area contributed by atoms with Crippen LogP contribution in [0, 0.1) is 15.9 Å². The molecular formula is C12H10FN3O5. The Morgan fingerprint density at radius 2 is 2.33 bits per heavy atom. The first-order valence-electron chi connectivity index (χ1n) is 5.72. The van der Waals surface area contributed by atoms with Crippen LogP contribution in [0.1, 0.15) is 16.1 Å². The lowest BCUT2D eigenvalue weighted by atomic mass is 10.1. The summed E-state index contributed by atoms with van der Waals surface area (Å²) in [7, 11) is 1.09. The van der Waals surface area contributed by atoms with Crippen LogP contribution >= 0.6 is 0 Å². The average molecular weight is 295 g/mol. The van der Waals surface area contributed by atoms with E-state index in [0.29, 0.717) is 11.8 Å². The van der Waals surface area contributed by atoms with Gasteiger partial charge in [-0.1, -0.05) is 5.16 Å². The van der Waals surface area contributed by atoms with Gasteiger partial charge in [-0.15, -0.1) is 0 Å². The van der Waals surface area contributed by atoms with Gasteiger partial charge < -0.3 is 14.6 Å². The van der Waals surface area contributed by atoms with E-state index in [0.717, 1.165) is 13.2 Å². The lowest BCUT2D eigenvalue weighted by molar-refractivity contribution is -0.384. The number of carbonyl (C=O) groups is 1. The number of aromatic nitrogens is 1. The Balaban J connectivity index is 2.35. The van der Waals surface area contributed by atoms with Crippen LogP contribution in [0.2, 0.25) is 0 Å². The zero-order chi connectivity index (χ0) is 15.4. The lowest BCUT2D eigenvalue weighted by Gasteiger charge is -2.08. The van der Waals surface area contributed by atoms with E-state index in [1.54, 1.807) is 6.07 Å². The molecule has 0 saturated heterocycles. The standard InChI is InChI=1S/C12H10FN3O5/c1-20-12(17)8-4-10(11(16(18)19)5-9(8)13)14-6-7-2-3-21-15-7/h2-5,14H,6H2,1H3. The number of nitrogens with zero attached hydrogens (tertiary/aromatic N) is 2. The SMILES string of the molecule is COC(=O)c1cc(NCc2ccon2)c([N+](=O)[O-])cc1F. The Kier molecular flexibility index (Phi) is 4.12. The third-order valence-corrected chi connectivity index (χ3v) is 2.64. The average Bonchev–Trinajstić information content (AvgIpc) is 2.98. The molecule has 0 aliphatic heterocycles. The zero-order valence-corrected chi connectivity index (χ0v) is 10.8. The molecule has 1 N–H and O–H groups in total. The van der Waals surface area contributed by atoms with Gasteiger partial charge in [0.25, 0.3) is 5.69 Å². The maximum absolute atomic E-state index is 13.7. The van der Waals surface area contributed by atoms with E-state index >= 15 is 0 Å². The molecule has 110 valence electrons. The van der Waals surface area contributed by atoms with E-state index in [2.05, 4.69) is 19.7 Å². The Morgan fingerprint density at radius 3 is 2.90 bits per heavy atom. The molecule has 2 rings (SSSR count). The fourth-order valence-corrected chi connectivity index (χ4v) is 1.64. The molecule has 0 spiro atoms. The molecule has 1 aromatic carbocycles. The molecule has 0 unspecified atom stereocenters. The summed E-state index contributed by atoms with van der Waals surface area (Å²) in [5.41, 5.74) is -0.424. The van der Waals surface area contributed by atoms with E-state index in [1.165, 1.54) is 6.26 Å². The number of nitro benzene ring substituents is 1. The minimum absolute atomic E-state index is 0.0233. The second kappa shape index (κ2) is 5.99. The number of halogens is 1. The van der Waals surface area contributed by atoms with Gasteiger partial charge in [-0.3, -0.25) is 10.1 Å². The summed E-state index contributed by atoms with van der Waals surface area (Å²) in [6.45, 7) is 0.115. The van der Waals surface area contributed by atoms with Crippen molar-refractivity contribution in [3.05, 3.63) is 51.7 Å². The number of anilines is 1. The fourth-order valence-electron chi connectivity index (χ4n) is 1.64. The molecule has 0 fully saturated rings. The predicted molar refractivity (Wildman–Crippen MR) is 68.2 cm³/mol. The third-order valence-electron chi connectivity index (χ3n) is 2.64. The molecule has 0 atom stereocenters. The Morgan fingerprint density at radius 1 is 1.57 bits per heavy atom. The van der Waals surface area contributed by atoms with Crippen molar-refractivity contribution in [1.29, 1.82) is 0 Å². The monoisotopic (exact) mass is 295 g/mol. The van der Waals surface area contributed by atoms with E-state index in [4.69, 9.17) is 0 Å². The number of nitrogens with one attached hydrogen (secondary N) is 1. The Bertz CT molecular complexity index is 672. The summed E-state index contributed by atoms with van der Waals surface area (Å²) in [6, 6.07) is 3.25. The summed E-state index contributed by atoms with van der Waals surface area (Å²) in [5, 5.41) is 17.3. The van der Waals surface area contributed by atoms with Gasteiger partial charge in [0.05, 0.1) is 30.2 Å². The van der Waals surface area contributed by atoms with Gasteiger partial charge in [0, 0.05) is 6.07 Å². The first-order valence-corrected chi connectivity index (χ1v) is 5.72. The molecule has 2 aromatic rings. The Labute approximate surface area is 117 Å². The van der Waals surface area contributed by atoms with Crippen LogP contribution in [0.3, 0.4) is 0 Å². The van der Waals surface area contributed by atoms with Crippen LogP contribution < -0.4 is 5.32 Å². The number of methoxy groups -OCH3 is 1. The van der Waals surface area contributed by atoms with Crippen LogP contribution in [-0.2, 0) is 11.3 Å². The van der Waals surface area contributed by atoms with Crippen molar-refractivity contribution in [3.63, 3.8) is 0 Å². The normalized spacial score (nSPS) is 10.2. The maximum atomic E-state index is 13.7. The number of ether oxygens (including phenoxy) is 1.